The second-order valence-electron chi connectivity index (χ2n) is 2.16. The maximum Gasteiger partial charge on any atom is 0.199 e. The minimum Gasteiger partial charge on any atom is -0.399 e. The van der Waals surface area contributed by atoms with Crippen molar-refractivity contribution in [1.29, 1.82) is 0 Å². The SMILES string of the molecule is NC1=CC(N)C(=O)C(N)=C1. The number of rotatable bonds is 0. The molecule has 0 aromatic rings. The standard InChI is InChI=1S/C6H9N3O/c7-3-1-4(8)6(10)5(9)2-3/h1-2,4H,7-9H2. The zero-order valence-electron chi connectivity index (χ0n) is 5.37. The zero-order valence-corrected chi connectivity index (χ0v) is 5.37. The number of hydrogen-bond acceptors (Lipinski definition) is 4. The van der Waals surface area contributed by atoms with Crippen LogP contribution >= 0.6 is 0 Å². The lowest BCUT2D eigenvalue weighted by atomic mass is 10.0. The summed E-state index contributed by atoms with van der Waals surface area (Å²) in [5.74, 6) is -0.269. The molecule has 0 spiro atoms. The third-order valence-corrected chi connectivity index (χ3v) is 1.28. The van der Waals surface area contributed by atoms with E-state index in [1.807, 2.05) is 0 Å². The normalized spacial score (nSPS) is 25.7. The Balaban J connectivity index is 2.95. The molecule has 1 atom stereocenters. The van der Waals surface area contributed by atoms with Crippen LogP contribution in [0.25, 0.3) is 0 Å². The second-order valence-corrected chi connectivity index (χ2v) is 2.16. The van der Waals surface area contributed by atoms with Gasteiger partial charge in [-0.3, -0.25) is 4.79 Å². The summed E-state index contributed by atoms with van der Waals surface area (Å²) in [6, 6.07) is -0.662. The number of Topliss-reactive ketones (excluding diaryl/α,β-unsaturated/α-hetero) is 1. The molecule has 0 radical (unpaired) electrons. The van der Waals surface area contributed by atoms with Crippen LogP contribution < -0.4 is 17.2 Å². The quantitative estimate of drug-likeness (QED) is 0.384. The Morgan fingerprint density at radius 3 is 2.50 bits per heavy atom. The summed E-state index contributed by atoms with van der Waals surface area (Å²) in [6.45, 7) is 0. The molecule has 54 valence electrons. The number of allylic oxidation sites excluding steroid dienone is 1. The van der Waals surface area contributed by atoms with Gasteiger partial charge in [0, 0.05) is 5.70 Å². The van der Waals surface area contributed by atoms with Crippen LogP contribution in [0.1, 0.15) is 0 Å². The number of hydrogen-bond donors (Lipinski definition) is 3. The van der Waals surface area contributed by atoms with Gasteiger partial charge in [-0.05, 0) is 12.2 Å². The summed E-state index contributed by atoms with van der Waals surface area (Å²) >= 11 is 0. The highest BCUT2D eigenvalue weighted by atomic mass is 16.1. The highest BCUT2D eigenvalue weighted by Crippen LogP contribution is 2.04. The molecule has 4 heteroatoms. The lowest BCUT2D eigenvalue weighted by molar-refractivity contribution is -0.116. The Kier molecular flexibility index (Phi) is 1.47. The Labute approximate surface area is 58.4 Å². The lowest BCUT2D eigenvalue weighted by Gasteiger charge is -2.11. The lowest BCUT2D eigenvalue weighted by Crippen LogP contribution is -2.35. The van der Waals surface area contributed by atoms with Crippen molar-refractivity contribution in [3.8, 4) is 0 Å². The Morgan fingerprint density at radius 2 is 2.00 bits per heavy atom. The average molecular weight is 139 g/mol. The molecule has 0 saturated carbocycles. The molecule has 0 aromatic heterocycles. The van der Waals surface area contributed by atoms with E-state index in [1.54, 1.807) is 0 Å². The molecule has 0 saturated heterocycles. The van der Waals surface area contributed by atoms with Gasteiger partial charge in [-0.25, -0.2) is 0 Å². The van der Waals surface area contributed by atoms with Crippen molar-refractivity contribution in [2.75, 3.05) is 0 Å². The minimum atomic E-state index is -0.662. The van der Waals surface area contributed by atoms with E-state index in [4.69, 9.17) is 17.2 Å². The van der Waals surface area contributed by atoms with Crippen molar-refractivity contribution < 1.29 is 4.79 Å². The van der Waals surface area contributed by atoms with Gasteiger partial charge < -0.3 is 17.2 Å². The summed E-state index contributed by atoms with van der Waals surface area (Å²) in [4.78, 5) is 10.9. The van der Waals surface area contributed by atoms with Crippen LogP contribution in [0.3, 0.4) is 0 Å². The smallest absolute Gasteiger partial charge is 0.199 e. The summed E-state index contributed by atoms with van der Waals surface area (Å²) in [5, 5.41) is 0. The van der Waals surface area contributed by atoms with E-state index < -0.39 is 6.04 Å². The molecule has 10 heavy (non-hydrogen) atoms. The van der Waals surface area contributed by atoms with Crippen molar-refractivity contribution in [3.05, 3.63) is 23.5 Å². The fraction of sp³-hybridized carbons (Fsp3) is 0.167. The average Bonchev–Trinajstić information content (AvgIpc) is 1.82. The highest BCUT2D eigenvalue weighted by Gasteiger charge is 2.17. The first-order valence-electron chi connectivity index (χ1n) is 2.85. The molecule has 0 bridgehead atoms. The maximum absolute atomic E-state index is 10.9. The van der Waals surface area contributed by atoms with Crippen molar-refractivity contribution in [2.45, 2.75) is 6.04 Å². The summed E-state index contributed by atoms with van der Waals surface area (Å²) in [6.07, 6.45) is 2.88. The minimum absolute atomic E-state index is 0.132. The molecule has 0 amide bonds. The van der Waals surface area contributed by atoms with Crippen LogP contribution in [-0.2, 0) is 4.79 Å². The molecule has 1 aliphatic carbocycles. The van der Waals surface area contributed by atoms with Gasteiger partial charge in [0.05, 0.1) is 11.7 Å². The van der Waals surface area contributed by atoms with Gasteiger partial charge in [0.25, 0.3) is 0 Å². The predicted molar refractivity (Wildman–Crippen MR) is 37.5 cm³/mol. The molecule has 4 nitrogen and oxygen atoms in total. The van der Waals surface area contributed by atoms with Crippen LogP contribution in [0.2, 0.25) is 0 Å². The number of ketones is 1. The molecular formula is C6H9N3O. The second kappa shape index (κ2) is 2.15. The van der Waals surface area contributed by atoms with Crippen molar-refractivity contribution >= 4 is 5.78 Å². The van der Waals surface area contributed by atoms with Crippen molar-refractivity contribution in [2.24, 2.45) is 17.2 Å². The van der Waals surface area contributed by atoms with Crippen LogP contribution in [0, 0.1) is 0 Å². The first kappa shape index (κ1) is 6.82. The Morgan fingerprint density at radius 1 is 1.40 bits per heavy atom. The fourth-order valence-corrected chi connectivity index (χ4v) is 0.774. The van der Waals surface area contributed by atoms with E-state index in [-0.39, 0.29) is 11.5 Å². The van der Waals surface area contributed by atoms with E-state index in [0.29, 0.717) is 5.70 Å². The number of carbonyl (C=O) groups is 1. The number of nitrogens with two attached hydrogens (primary N) is 3. The van der Waals surface area contributed by atoms with E-state index in [0.717, 1.165) is 0 Å². The molecule has 0 fully saturated rings. The predicted octanol–water partition coefficient (Wildman–Crippen LogP) is -1.42. The highest BCUT2D eigenvalue weighted by molar-refractivity contribution is 6.01. The van der Waals surface area contributed by atoms with Crippen molar-refractivity contribution in [1.82, 2.24) is 0 Å². The largest absolute Gasteiger partial charge is 0.399 e. The third kappa shape index (κ3) is 1.01. The maximum atomic E-state index is 10.9. The molecule has 1 rings (SSSR count). The summed E-state index contributed by atoms with van der Waals surface area (Å²) in [5.41, 5.74) is 16.5. The molecule has 1 unspecified atom stereocenters. The van der Waals surface area contributed by atoms with E-state index >= 15 is 0 Å². The van der Waals surface area contributed by atoms with E-state index in [1.165, 1.54) is 12.2 Å². The van der Waals surface area contributed by atoms with Crippen LogP contribution in [-0.4, -0.2) is 11.8 Å². The monoisotopic (exact) mass is 139 g/mol. The molecule has 0 aromatic carbocycles. The van der Waals surface area contributed by atoms with Crippen molar-refractivity contribution in [3.63, 3.8) is 0 Å². The topological polar surface area (TPSA) is 95.1 Å². The summed E-state index contributed by atoms with van der Waals surface area (Å²) in [7, 11) is 0. The molecular weight excluding hydrogens is 130 g/mol. The van der Waals surface area contributed by atoms with Gasteiger partial charge in [-0.15, -0.1) is 0 Å². The Bertz CT molecular complexity index is 229. The molecule has 0 heterocycles. The number of carbonyl (C=O) groups excluding carboxylic acids is 1. The van der Waals surface area contributed by atoms with Gasteiger partial charge in [0.1, 0.15) is 0 Å². The molecule has 0 aliphatic heterocycles. The third-order valence-electron chi connectivity index (χ3n) is 1.28. The fourth-order valence-electron chi connectivity index (χ4n) is 0.774. The van der Waals surface area contributed by atoms with Crippen LogP contribution in [0.15, 0.2) is 23.5 Å². The van der Waals surface area contributed by atoms with Gasteiger partial charge in [-0.2, -0.15) is 0 Å². The van der Waals surface area contributed by atoms with Gasteiger partial charge in [0.15, 0.2) is 5.78 Å². The van der Waals surface area contributed by atoms with E-state index in [2.05, 4.69) is 0 Å². The summed E-state index contributed by atoms with van der Waals surface area (Å²) < 4.78 is 0. The Hall–Kier alpha value is -1.29. The first-order valence-corrected chi connectivity index (χ1v) is 2.85. The molecule has 1 aliphatic rings. The van der Waals surface area contributed by atoms with Gasteiger partial charge in [0.2, 0.25) is 0 Å². The van der Waals surface area contributed by atoms with Gasteiger partial charge in [-0.1, -0.05) is 0 Å². The first-order chi connectivity index (χ1) is 4.61. The zero-order chi connectivity index (χ0) is 7.72. The van der Waals surface area contributed by atoms with Gasteiger partial charge >= 0.3 is 0 Å². The van der Waals surface area contributed by atoms with E-state index in [9.17, 15) is 4.79 Å². The van der Waals surface area contributed by atoms with Crippen LogP contribution in [0.5, 0.6) is 0 Å². The molecule has 6 N–H and O–H groups in total. The van der Waals surface area contributed by atoms with Crippen LogP contribution in [0.4, 0.5) is 0 Å².